The smallest absolute Gasteiger partial charge is 0.177 e. The van der Waals surface area contributed by atoms with E-state index in [0.29, 0.717) is 0 Å². The Morgan fingerprint density at radius 2 is 1.96 bits per heavy atom. The summed E-state index contributed by atoms with van der Waals surface area (Å²) in [6.07, 6.45) is 6.40. The van der Waals surface area contributed by atoms with Crippen LogP contribution < -0.4 is 5.32 Å². The topological polar surface area (TPSA) is 79.4 Å². The van der Waals surface area contributed by atoms with Gasteiger partial charge in [0.05, 0.1) is 5.39 Å². The van der Waals surface area contributed by atoms with Crippen LogP contribution in [0.4, 0.5) is 5.82 Å². The number of aromatic nitrogens is 5. The van der Waals surface area contributed by atoms with E-state index in [1.165, 1.54) is 28.7 Å². The minimum absolute atomic E-state index is 0.173. The van der Waals surface area contributed by atoms with Crippen molar-refractivity contribution in [1.82, 2.24) is 25.1 Å². The maximum atomic E-state index is 4.60. The molecule has 0 saturated carbocycles. The van der Waals surface area contributed by atoms with Gasteiger partial charge < -0.3 is 5.32 Å². The van der Waals surface area contributed by atoms with Crippen LogP contribution in [0, 0.1) is 6.92 Å². The lowest BCUT2D eigenvalue weighted by Gasteiger charge is -2.18. The third kappa shape index (κ3) is 2.98. The lowest BCUT2D eigenvalue weighted by molar-refractivity contribution is 0.700. The van der Waals surface area contributed by atoms with Crippen molar-refractivity contribution < 1.29 is 0 Å². The second-order valence-corrected chi connectivity index (χ2v) is 7.96. The summed E-state index contributed by atoms with van der Waals surface area (Å²) in [5, 5.41) is 12.1. The SMILES string of the molecule is Cc1nc([C@H](Nc2ncnc3sc4c(c23)CCCC4)c2ccccc2)n[nH]1. The maximum absolute atomic E-state index is 4.60. The van der Waals surface area contributed by atoms with Crippen molar-refractivity contribution in [2.24, 2.45) is 0 Å². The van der Waals surface area contributed by atoms with Crippen molar-refractivity contribution in [3.8, 4) is 0 Å². The molecule has 1 aromatic carbocycles. The molecule has 6 nitrogen and oxygen atoms in total. The molecule has 3 heterocycles. The van der Waals surface area contributed by atoms with Gasteiger partial charge in [0.15, 0.2) is 5.82 Å². The number of hydrogen-bond donors (Lipinski definition) is 2. The molecule has 0 amide bonds. The minimum Gasteiger partial charge on any atom is -0.355 e. The summed E-state index contributed by atoms with van der Waals surface area (Å²) in [4.78, 5) is 16.2. The van der Waals surface area contributed by atoms with E-state index in [9.17, 15) is 0 Å². The Hall–Kier alpha value is -2.80. The van der Waals surface area contributed by atoms with Crippen LogP contribution in [0.1, 0.15) is 46.5 Å². The zero-order valence-corrected chi connectivity index (χ0v) is 15.9. The van der Waals surface area contributed by atoms with E-state index in [-0.39, 0.29) is 6.04 Å². The number of benzene rings is 1. The van der Waals surface area contributed by atoms with Crippen molar-refractivity contribution in [2.45, 2.75) is 38.6 Å². The van der Waals surface area contributed by atoms with E-state index < -0.39 is 0 Å². The molecule has 1 atom stereocenters. The molecule has 0 aliphatic heterocycles. The molecule has 0 bridgehead atoms. The number of rotatable bonds is 4. The first-order chi connectivity index (χ1) is 13.3. The molecule has 0 saturated heterocycles. The zero-order valence-electron chi connectivity index (χ0n) is 15.1. The summed E-state index contributed by atoms with van der Waals surface area (Å²) in [7, 11) is 0. The normalized spacial score (nSPS) is 14.9. The van der Waals surface area contributed by atoms with Gasteiger partial charge in [0.1, 0.15) is 28.8 Å². The number of aromatic amines is 1. The summed E-state index contributed by atoms with van der Waals surface area (Å²) < 4.78 is 0. The van der Waals surface area contributed by atoms with Gasteiger partial charge in [0, 0.05) is 4.88 Å². The van der Waals surface area contributed by atoms with Crippen molar-refractivity contribution in [2.75, 3.05) is 5.32 Å². The average Bonchev–Trinajstić information content (AvgIpc) is 3.30. The number of anilines is 1. The lowest BCUT2D eigenvalue weighted by Crippen LogP contribution is -2.15. The van der Waals surface area contributed by atoms with Crippen LogP contribution in [0.3, 0.4) is 0 Å². The largest absolute Gasteiger partial charge is 0.355 e. The van der Waals surface area contributed by atoms with Gasteiger partial charge in [0.25, 0.3) is 0 Å². The Kier molecular flexibility index (Phi) is 4.09. The van der Waals surface area contributed by atoms with Gasteiger partial charge in [-0.15, -0.1) is 11.3 Å². The fraction of sp³-hybridized carbons (Fsp3) is 0.300. The van der Waals surface area contributed by atoms with E-state index in [1.807, 2.05) is 36.5 Å². The molecule has 2 N–H and O–H groups in total. The molecule has 1 aliphatic carbocycles. The summed E-state index contributed by atoms with van der Waals surface area (Å²) in [5.74, 6) is 2.39. The summed E-state index contributed by atoms with van der Waals surface area (Å²) in [6.45, 7) is 1.91. The molecular formula is C20H20N6S. The molecule has 5 rings (SSSR count). The van der Waals surface area contributed by atoms with Crippen molar-refractivity contribution in [1.29, 1.82) is 0 Å². The molecule has 0 unspecified atom stereocenters. The lowest BCUT2D eigenvalue weighted by atomic mass is 9.97. The third-order valence-corrected chi connectivity index (χ3v) is 6.24. The zero-order chi connectivity index (χ0) is 18.2. The first-order valence-electron chi connectivity index (χ1n) is 9.25. The molecule has 1 aliphatic rings. The van der Waals surface area contributed by atoms with Crippen LogP contribution in [-0.2, 0) is 12.8 Å². The number of aryl methyl sites for hydroxylation is 3. The second kappa shape index (κ2) is 6.74. The Morgan fingerprint density at radius 3 is 2.78 bits per heavy atom. The molecule has 4 aromatic rings. The van der Waals surface area contributed by atoms with Gasteiger partial charge in [0.2, 0.25) is 0 Å². The summed E-state index contributed by atoms with van der Waals surface area (Å²) in [5.41, 5.74) is 2.52. The molecule has 7 heteroatoms. The molecule has 0 fully saturated rings. The average molecular weight is 376 g/mol. The Morgan fingerprint density at radius 1 is 1.11 bits per heavy atom. The van der Waals surface area contributed by atoms with Gasteiger partial charge in [-0.25, -0.2) is 15.0 Å². The Labute approximate surface area is 161 Å². The van der Waals surface area contributed by atoms with Crippen molar-refractivity contribution in [3.05, 3.63) is 64.3 Å². The molecule has 3 aromatic heterocycles. The van der Waals surface area contributed by atoms with Gasteiger partial charge in [-0.2, -0.15) is 5.10 Å². The van der Waals surface area contributed by atoms with Crippen LogP contribution >= 0.6 is 11.3 Å². The van der Waals surface area contributed by atoms with Gasteiger partial charge >= 0.3 is 0 Å². The van der Waals surface area contributed by atoms with E-state index in [1.54, 1.807) is 6.33 Å². The number of thiophene rings is 1. The predicted molar refractivity (Wildman–Crippen MR) is 107 cm³/mol. The van der Waals surface area contributed by atoms with E-state index in [2.05, 4.69) is 42.6 Å². The van der Waals surface area contributed by atoms with Crippen molar-refractivity contribution >= 4 is 27.4 Å². The van der Waals surface area contributed by atoms with Gasteiger partial charge in [-0.3, -0.25) is 5.10 Å². The molecule has 27 heavy (non-hydrogen) atoms. The first kappa shape index (κ1) is 16.4. The highest BCUT2D eigenvalue weighted by Crippen LogP contribution is 2.39. The van der Waals surface area contributed by atoms with Gasteiger partial charge in [-0.05, 0) is 43.7 Å². The Bertz CT molecular complexity index is 1080. The van der Waals surface area contributed by atoms with Crippen LogP contribution in [-0.4, -0.2) is 25.1 Å². The fourth-order valence-corrected chi connectivity index (χ4v) is 5.00. The molecular weight excluding hydrogens is 356 g/mol. The maximum Gasteiger partial charge on any atom is 0.177 e. The highest BCUT2D eigenvalue weighted by Gasteiger charge is 2.24. The number of hydrogen-bond acceptors (Lipinski definition) is 6. The summed E-state index contributed by atoms with van der Waals surface area (Å²) in [6, 6.07) is 10.1. The van der Waals surface area contributed by atoms with E-state index in [4.69, 9.17) is 0 Å². The van der Waals surface area contributed by atoms with Gasteiger partial charge in [-0.1, -0.05) is 30.3 Å². The van der Waals surface area contributed by atoms with E-state index in [0.717, 1.165) is 40.7 Å². The van der Waals surface area contributed by atoms with Crippen LogP contribution in [0.2, 0.25) is 0 Å². The molecule has 136 valence electrons. The fourth-order valence-electron chi connectivity index (χ4n) is 3.77. The van der Waals surface area contributed by atoms with Crippen LogP contribution in [0.5, 0.6) is 0 Å². The monoisotopic (exact) mass is 376 g/mol. The minimum atomic E-state index is -0.173. The highest BCUT2D eigenvalue weighted by atomic mass is 32.1. The molecule has 0 radical (unpaired) electrons. The Balaban J connectivity index is 1.62. The van der Waals surface area contributed by atoms with Crippen LogP contribution in [0.15, 0.2) is 36.7 Å². The second-order valence-electron chi connectivity index (χ2n) is 6.88. The number of nitrogens with zero attached hydrogens (tertiary/aromatic N) is 4. The number of nitrogens with one attached hydrogen (secondary N) is 2. The predicted octanol–water partition coefficient (Wildman–Crippen LogP) is 4.20. The van der Waals surface area contributed by atoms with E-state index >= 15 is 0 Å². The highest BCUT2D eigenvalue weighted by molar-refractivity contribution is 7.19. The standard InChI is InChI=1S/C20H20N6S/c1-12-23-19(26-25-12)17(13-7-3-2-4-8-13)24-18-16-14-9-5-6-10-15(14)27-20(16)22-11-21-18/h2-4,7-8,11,17H,5-6,9-10H2,1H3,(H,21,22,24)(H,23,25,26)/t17-/m1/s1. The third-order valence-electron chi connectivity index (χ3n) is 5.04. The number of H-pyrrole nitrogens is 1. The first-order valence-corrected chi connectivity index (χ1v) is 10.1. The van der Waals surface area contributed by atoms with Crippen LogP contribution in [0.25, 0.3) is 10.2 Å². The number of fused-ring (bicyclic) bond motifs is 3. The van der Waals surface area contributed by atoms with Crippen molar-refractivity contribution in [3.63, 3.8) is 0 Å². The summed E-state index contributed by atoms with van der Waals surface area (Å²) >= 11 is 1.81. The quantitative estimate of drug-likeness (QED) is 0.558. The molecule has 0 spiro atoms.